The van der Waals surface area contributed by atoms with Gasteiger partial charge in [-0.2, -0.15) is 0 Å². The van der Waals surface area contributed by atoms with E-state index < -0.39 is 11.2 Å². The molecule has 1 saturated heterocycles. The minimum absolute atomic E-state index is 0.310. The van der Waals surface area contributed by atoms with Gasteiger partial charge in [-0.15, -0.1) is 11.3 Å². The molecule has 0 saturated carbocycles. The number of carbonyl (C=O) groups is 1. The zero-order valence-corrected chi connectivity index (χ0v) is 13.3. The average Bonchev–Trinajstić information content (AvgIpc) is 2.75. The second kappa shape index (κ2) is 5.37. The molecule has 0 atom stereocenters. The molecule has 20 heavy (non-hydrogen) atoms. The number of hydrogen-bond donors (Lipinski definition) is 1. The van der Waals surface area contributed by atoms with Crippen LogP contribution in [0.4, 0.5) is 4.79 Å². The van der Waals surface area contributed by atoms with E-state index in [-0.39, 0.29) is 6.09 Å². The number of nitrogens with zero attached hydrogens (tertiary/aromatic N) is 2. The van der Waals surface area contributed by atoms with Gasteiger partial charge in [-0.05, 0) is 25.5 Å². The summed E-state index contributed by atoms with van der Waals surface area (Å²) < 4.78 is 6.43. The topological polar surface area (TPSA) is 62.7 Å². The molecule has 0 radical (unpaired) electrons. The Morgan fingerprint density at radius 1 is 1.50 bits per heavy atom. The van der Waals surface area contributed by atoms with Gasteiger partial charge in [-0.3, -0.25) is 0 Å². The minimum Gasteiger partial charge on any atom is -0.444 e. The molecule has 5 nitrogen and oxygen atoms in total. The first-order chi connectivity index (χ1) is 9.20. The maximum Gasteiger partial charge on any atom is 0.410 e. The monoisotopic (exact) mass is 296 g/mol. The third kappa shape index (κ3) is 3.52. The van der Waals surface area contributed by atoms with Gasteiger partial charge in [0.2, 0.25) is 0 Å². The fourth-order valence-electron chi connectivity index (χ4n) is 2.17. The molecule has 1 fully saturated rings. The van der Waals surface area contributed by atoms with Gasteiger partial charge in [0, 0.05) is 32.1 Å². The summed E-state index contributed by atoms with van der Waals surface area (Å²) in [7, 11) is 1.97. The Balaban J connectivity index is 1.97. The molecule has 2 heterocycles. The molecule has 1 N–H and O–H groups in total. The molecule has 110 valence electrons. The van der Waals surface area contributed by atoms with Crippen LogP contribution in [0.25, 0.3) is 0 Å². The molecule has 1 aromatic rings. The molecule has 0 aromatic carbocycles. The summed E-state index contributed by atoms with van der Waals surface area (Å²) in [6.07, 6.45) is 2.46. The zero-order chi connectivity index (χ0) is 15.0. The molecule has 0 aliphatic carbocycles. The van der Waals surface area contributed by atoms with Crippen molar-refractivity contribution >= 4 is 30.1 Å². The van der Waals surface area contributed by atoms with Gasteiger partial charge in [0.15, 0.2) is 7.85 Å². The predicted molar refractivity (Wildman–Crippen MR) is 81.2 cm³/mol. The smallest absolute Gasteiger partial charge is 0.410 e. The summed E-state index contributed by atoms with van der Waals surface area (Å²) in [4.78, 5) is 17.9. The average molecular weight is 296 g/mol. The molecule has 0 spiro atoms. The quantitative estimate of drug-likeness (QED) is 0.772. The molecular formula is C13H21BN2O3S. The predicted octanol–water partition coefficient (Wildman–Crippen LogP) is 0.620. The number of piperidine rings is 1. The second-order valence-corrected chi connectivity index (χ2v) is 7.51. The Labute approximate surface area is 124 Å². The summed E-state index contributed by atoms with van der Waals surface area (Å²) in [5, 5.41) is 11.4. The summed E-state index contributed by atoms with van der Waals surface area (Å²) in [6.45, 7) is 6.53. The number of carbonyl (C=O) groups excluding carboxylic acids is 1. The van der Waals surface area contributed by atoms with E-state index in [1.165, 1.54) is 11.3 Å². The largest absolute Gasteiger partial charge is 0.444 e. The standard InChI is InChI=1S/C13H21BN2O3S/c1-12(2,3)19-11(17)16-6-4-13(18,5-7-16)10-15-8-9(14)20-10/h8,18H,4-7,14H2,1-3H3. The Bertz CT molecular complexity index is 490. The van der Waals surface area contributed by atoms with Crippen molar-refractivity contribution in [1.29, 1.82) is 0 Å². The van der Waals surface area contributed by atoms with Gasteiger partial charge in [0.1, 0.15) is 16.2 Å². The van der Waals surface area contributed by atoms with Gasteiger partial charge in [0.05, 0.1) is 0 Å². The van der Waals surface area contributed by atoms with E-state index in [1.807, 2.05) is 28.6 Å². The molecule has 2 rings (SSSR count). The molecular weight excluding hydrogens is 275 g/mol. The lowest BCUT2D eigenvalue weighted by Crippen LogP contribution is -2.46. The Kier molecular flexibility index (Phi) is 4.11. The van der Waals surface area contributed by atoms with Crippen molar-refractivity contribution in [3.8, 4) is 0 Å². The van der Waals surface area contributed by atoms with Crippen LogP contribution in [0, 0.1) is 0 Å². The van der Waals surface area contributed by atoms with Crippen molar-refractivity contribution in [2.24, 2.45) is 0 Å². The first-order valence-electron chi connectivity index (χ1n) is 6.83. The van der Waals surface area contributed by atoms with Crippen LogP contribution in [0.5, 0.6) is 0 Å². The third-order valence-electron chi connectivity index (χ3n) is 3.26. The van der Waals surface area contributed by atoms with Crippen LogP contribution in [0.1, 0.15) is 38.6 Å². The van der Waals surface area contributed by atoms with E-state index in [0.717, 1.165) is 9.78 Å². The minimum atomic E-state index is -0.905. The van der Waals surface area contributed by atoms with Gasteiger partial charge in [-0.25, -0.2) is 9.78 Å². The zero-order valence-electron chi connectivity index (χ0n) is 12.5. The highest BCUT2D eigenvalue weighted by atomic mass is 32.1. The number of ether oxygens (including phenoxy) is 1. The molecule has 1 amide bonds. The van der Waals surface area contributed by atoms with E-state index in [4.69, 9.17) is 4.74 Å². The lowest BCUT2D eigenvalue weighted by atomic mass is 9.92. The van der Waals surface area contributed by atoms with E-state index in [2.05, 4.69) is 4.98 Å². The number of likely N-dealkylation sites (tertiary alicyclic amines) is 1. The SMILES string of the molecule is Bc1cnc(C2(O)CCN(C(=O)OC(C)(C)C)CC2)s1. The van der Waals surface area contributed by atoms with Crippen molar-refractivity contribution < 1.29 is 14.6 Å². The Morgan fingerprint density at radius 3 is 2.55 bits per heavy atom. The number of aromatic nitrogens is 1. The van der Waals surface area contributed by atoms with Crippen molar-refractivity contribution in [1.82, 2.24) is 9.88 Å². The molecule has 1 aromatic heterocycles. The highest BCUT2D eigenvalue weighted by Crippen LogP contribution is 2.33. The first kappa shape index (κ1) is 15.3. The molecule has 1 aliphatic heterocycles. The highest BCUT2D eigenvalue weighted by Gasteiger charge is 2.38. The van der Waals surface area contributed by atoms with E-state index in [1.54, 1.807) is 11.1 Å². The van der Waals surface area contributed by atoms with E-state index in [9.17, 15) is 9.90 Å². The highest BCUT2D eigenvalue weighted by molar-refractivity contribution is 7.19. The van der Waals surface area contributed by atoms with Gasteiger partial charge in [0.25, 0.3) is 0 Å². The second-order valence-electron chi connectivity index (χ2n) is 6.28. The number of amides is 1. The molecule has 0 bridgehead atoms. The van der Waals surface area contributed by atoms with Gasteiger partial charge < -0.3 is 14.7 Å². The van der Waals surface area contributed by atoms with Crippen LogP contribution >= 0.6 is 11.3 Å². The fourth-order valence-corrected chi connectivity index (χ4v) is 3.08. The van der Waals surface area contributed by atoms with E-state index in [0.29, 0.717) is 25.9 Å². The Morgan fingerprint density at radius 2 is 2.10 bits per heavy atom. The number of rotatable bonds is 1. The fraction of sp³-hybridized carbons (Fsp3) is 0.692. The number of thiazole rings is 1. The van der Waals surface area contributed by atoms with Crippen molar-refractivity contribution in [3.05, 3.63) is 11.2 Å². The molecule has 7 heteroatoms. The van der Waals surface area contributed by atoms with Crippen molar-refractivity contribution in [2.75, 3.05) is 13.1 Å². The summed E-state index contributed by atoms with van der Waals surface area (Å²) in [5.41, 5.74) is -1.39. The maximum atomic E-state index is 12.0. The lowest BCUT2D eigenvalue weighted by molar-refractivity contribution is -0.0357. The normalized spacial score (nSPS) is 18.9. The van der Waals surface area contributed by atoms with Crippen LogP contribution in [0.15, 0.2) is 6.20 Å². The van der Waals surface area contributed by atoms with Crippen molar-refractivity contribution in [2.45, 2.75) is 44.8 Å². The van der Waals surface area contributed by atoms with Crippen LogP contribution < -0.4 is 4.78 Å². The summed E-state index contributed by atoms with van der Waals surface area (Å²) in [6, 6.07) is 0. The third-order valence-corrected chi connectivity index (χ3v) is 4.37. The Hall–Kier alpha value is -1.08. The summed E-state index contributed by atoms with van der Waals surface area (Å²) in [5.74, 6) is 0. The van der Waals surface area contributed by atoms with E-state index >= 15 is 0 Å². The number of hydrogen-bond acceptors (Lipinski definition) is 5. The van der Waals surface area contributed by atoms with Gasteiger partial charge >= 0.3 is 6.09 Å². The number of aliphatic hydroxyl groups is 1. The van der Waals surface area contributed by atoms with Crippen LogP contribution in [-0.4, -0.2) is 47.6 Å². The lowest BCUT2D eigenvalue weighted by Gasteiger charge is -2.37. The first-order valence-corrected chi connectivity index (χ1v) is 7.64. The van der Waals surface area contributed by atoms with Crippen LogP contribution in [0.3, 0.4) is 0 Å². The van der Waals surface area contributed by atoms with Crippen molar-refractivity contribution in [3.63, 3.8) is 0 Å². The van der Waals surface area contributed by atoms with Gasteiger partial charge in [-0.1, -0.05) is 0 Å². The molecule has 0 unspecified atom stereocenters. The summed E-state index contributed by atoms with van der Waals surface area (Å²) >= 11 is 1.52. The molecule has 1 aliphatic rings. The van der Waals surface area contributed by atoms with Crippen LogP contribution in [0.2, 0.25) is 0 Å². The van der Waals surface area contributed by atoms with Crippen LogP contribution in [-0.2, 0) is 10.3 Å². The maximum absolute atomic E-state index is 12.0.